The standard InChI is InChI=1S/C6H8N2O/c9-5-6-4-7-2-1-3-8-6/h4-5H,1-3H2. The average molecular weight is 124 g/mol. The number of rotatable bonds is 1. The van der Waals surface area contributed by atoms with Crippen molar-refractivity contribution in [2.75, 3.05) is 13.1 Å². The van der Waals surface area contributed by atoms with Crippen LogP contribution >= 0.6 is 0 Å². The summed E-state index contributed by atoms with van der Waals surface area (Å²) < 4.78 is 0. The Balaban J connectivity index is 2.63. The molecule has 0 aromatic heterocycles. The summed E-state index contributed by atoms with van der Waals surface area (Å²) in [4.78, 5) is 18.0. The molecule has 0 spiro atoms. The summed E-state index contributed by atoms with van der Waals surface area (Å²) >= 11 is 0. The molecule has 3 nitrogen and oxygen atoms in total. The Morgan fingerprint density at radius 2 is 2.44 bits per heavy atom. The molecule has 48 valence electrons. The lowest BCUT2D eigenvalue weighted by Gasteiger charge is -1.83. The van der Waals surface area contributed by atoms with Gasteiger partial charge in [-0.2, -0.15) is 0 Å². The van der Waals surface area contributed by atoms with Gasteiger partial charge in [0.05, 0.1) is 0 Å². The number of aliphatic imine (C=N–C) groups is 2. The first-order valence-corrected chi connectivity index (χ1v) is 2.93. The maximum Gasteiger partial charge on any atom is 0.169 e. The van der Waals surface area contributed by atoms with Gasteiger partial charge in [0.15, 0.2) is 6.29 Å². The van der Waals surface area contributed by atoms with E-state index >= 15 is 0 Å². The van der Waals surface area contributed by atoms with Crippen LogP contribution < -0.4 is 0 Å². The Morgan fingerprint density at radius 1 is 1.56 bits per heavy atom. The summed E-state index contributed by atoms with van der Waals surface area (Å²) in [5.41, 5.74) is 0.465. The fourth-order valence-corrected chi connectivity index (χ4v) is 0.637. The van der Waals surface area contributed by atoms with Crippen LogP contribution in [0.5, 0.6) is 0 Å². The summed E-state index contributed by atoms with van der Waals surface area (Å²) in [6.45, 7) is 1.52. The van der Waals surface area contributed by atoms with E-state index < -0.39 is 0 Å². The summed E-state index contributed by atoms with van der Waals surface area (Å²) in [7, 11) is 0. The van der Waals surface area contributed by atoms with Crippen LogP contribution in [-0.2, 0) is 4.79 Å². The topological polar surface area (TPSA) is 41.8 Å². The van der Waals surface area contributed by atoms with E-state index in [1.165, 1.54) is 6.21 Å². The maximum atomic E-state index is 10.1. The number of hydrogen-bond donors (Lipinski definition) is 0. The monoisotopic (exact) mass is 124 g/mol. The predicted octanol–water partition coefficient (Wildman–Crippen LogP) is 0.101. The largest absolute Gasteiger partial charge is 0.296 e. The van der Waals surface area contributed by atoms with Crippen molar-refractivity contribution in [3.8, 4) is 0 Å². The Bertz CT molecular complexity index is 160. The van der Waals surface area contributed by atoms with Crippen molar-refractivity contribution in [3.63, 3.8) is 0 Å². The second-order valence-corrected chi connectivity index (χ2v) is 1.81. The highest BCUT2D eigenvalue weighted by Crippen LogP contribution is 1.87. The van der Waals surface area contributed by atoms with Gasteiger partial charge in [0.1, 0.15) is 5.71 Å². The van der Waals surface area contributed by atoms with Gasteiger partial charge in [0, 0.05) is 19.3 Å². The van der Waals surface area contributed by atoms with Crippen molar-refractivity contribution in [2.45, 2.75) is 6.42 Å². The fourth-order valence-electron chi connectivity index (χ4n) is 0.637. The first kappa shape index (κ1) is 6.13. The van der Waals surface area contributed by atoms with Gasteiger partial charge in [0.2, 0.25) is 0 Å². The number of carbonyl (C=O) groups is 1. The molecule has 1 heterocycles. The minimum atomic E-state index is 0.465. The highest BCUT2D eigenvalue weighted by atomic mass is 16.1. The van der Waals surface area contributed by atoms with Crippen molar-refractivity contribution < 1.29 is 4.79 Å². The van der Waals surface area contributed by atoms with Crippen molar-refractivity contribution >= 4 is 18.2 Å². The number of aldehydes is 1. The lowest BCUT2D eigenvalue weighted by Crippen LogP contribution is -1.99. The summed E-state index contributed by atoms with van der Waals surface area (Å²) in [6, 6.07) is 0. The van der Waals surface area contributed by atoms with Gasteiger partial charge >= 0.3 is 0 Å². The molecule has 1 aliphatic rings. The third kappa shape index (κ3) is 1.76. The molecule has 0 atom stereocenters. The zero-order valence-electron chi connectivity index (χ0n) is 5.08. The highest BCUT2D eigenvalue weighted by Gasteiger charge is 1.94. The lowest BCUT2D eigenvalue weighted by molar-refractivity contribution is -0.102. The molecule has 0 aliphatic carbocycles. The van der Waals surface area contributed by atoms with Crippen LogP contribution in [0.3, 0.4) is 0 Å². The normalized spacial score (nSPS) is 18.4. The van der Waals surface area contributed by atoms with E-state index in [1.807, 2.05) is 0 Å². The predicted molar refractivity (Wildman–Crippen MR) is 36.3 cm³/mol. The molecule has 0 aromatic rings. The zero-order valence-corrected chi connectivity index (χ0v) is 5.08. The molecule has 1 aliphatic heterocycles. The van der Waals surface area contributed by atoms with E-state index in [1.54, 1.807) is 0 Å². The molecular formula is C6H8N2O. The van der Waals surface area contributed by atoms with Gasteiger partial charge in [-0.3, -0.25) is 14.8 Å². The van der Waals surface area contributed by atoms with Crippen molar-refractivity contribution in [1.29, 1.82) is 0 Å². The number of nitrogens with zero attached hydrogens (tertiary/aromatic N) is 2. The van der Waals surface area contributed by atoms with Crippen LogP contribution in [0.15, 0.2) is 9.98 Å². The Morgan fingerprint density at radius 3 is 3.22 bits per heavy atom. The van der Waals surface area contributed by atoms with Crippen LogP contribution in [-0.4, -0.2) is 31.3 Å². The van der Waals surface area contributed by atoms with Gasteiger partial charge in [-0.15, -0.1) is 0 Å². The Labute approximate surface area is 53.5 Å². The van der Waals surface area contributed by atoms with Crippen LogP contribution in [0.1, 0.15) is 6.42 Å². The summed E-state index contributed by atoms with van der Waals surface area (Å²) in [5, 5.41) is 0. The highest BCUT2D eigenvalue weighted by molar-refractivity contribution is 6.54. The molecular weight excluding hydrogens is 116 g/mol. The molecule has 0 aromatic carbocycles. The van der Waals surface area contributed by atoms with E-state index in [0.717, 1.165) is 25.8 Å². The molecule has 0 radical (unpaired) electrons. The first-order valence-electron chi connectivity index (χ1n) is 2.93. The molecule has 0 amide bonds. The molecule has 9 heavy (non-hydrogen) atoms. The maximum absolute atomic E-state index is 10.1. The minimum Gasteiger partial charge on any atom is -0.296 e. The molecule has 0 bridgehead atoms. The van der Waals surface area contributed by atoms with Gasteiger partial charge in [-0.1, -0.05) is 0 Å². The molecule has 0 unspecified atom stereocenters. The smallest absolute Gasteiger partial charge is 0.169 e. The third-order valence-corrected chi connectivity index (χ3v) is 1.08. The third-order valence-electron chi connectivity index (χ3n) is 1.08. The zero-order chi connectivity index (χ0) is 6.53. The van der Waals surface area contributed by atoms with E-state index in [0.29, 0.717) is 5.71 Å². The molecule has 0 saturated heterocycles. The molecule has 0 N–H and O–H groups in total. The summed E-state index contributed by atoms with van der Waals surface area (Å²) in [5.74, 6) is 0. The van der Waals surface area contributed by atoms with Crippen molar-refractivity contribution in [2.24, 2.45) is 9.98 Å². The van der Waals surface area contributed by atoms with Gasteiger partial charge in [-0.25, -0.2) is 0 Å². The van der Waals surface area contributed by atoms with Crippen molar-refractivity contribution in [1.82, 2.24) is 0 Å². The van der Waals surface area contributed by atoms with Crippen LogP contribution in [0, 0.1) is 0 Å². The van der Waals surface area contributed by atoms with E-state index in [9.17, 15) is 4.79 Å². The van der Waals surface area contributed by atoms with Crippen molar-refractivity contribution in [3.05, 3.63) is 0 Å². The lowest BCUT2D eigenvalue weighted by atomic mass is 10.4. The second kappa shape index (κ2) is 3.12. The SMILES string of the molecule is O=CC1=NCCCN=C1. The number of carbonyl (C=O) groups excluding carboxylic acids is 1. The number of hydrogen-bond acceptors (Lipinski definition) is 3. The second-order valence-electron chi connectivity index (χ2n) is 1.81. The average Bonchev–Trinajstić information content (AvgIpc) is 2.13. The Kier molecular flexibility index (Phi) is 2.13. The van der Waals surface area contributed by atoms with Gasteiger partial charge < -0.3 is 0 Å². The van der Waals surface area contributed by atoms with Crippen LogP contribution in [0.2, 0.25) is 0 Å². The van der Waals surface area contributed by atoms with E-state index in [2.05, 4.69) is 9.98 Å². The Hall–Kier alpha value is -0.990. The molecule has 3 heteroatoms. The first-order chi connectivity index (χ1) is 4.43. The minimum absolute atomic E-state index is 0.465. The molecule has 0 saturated carbocycles. The summed E-state index contributed by atoms with van der Waals surface area (Å²) in [6.07, 6.45) is 3.21. The van der Waals surface area contributed by atoms with Gasteiger partial charge in [0.25, 0.3) is 0 Å². The molecule has 1 rings (SSSR count). The van der Waals surface area contributed by atoms with E-state index in [4.69, 9.17) is 0 Å². The fraction of sp³-hybridized carbons (Fsp3) is 0.500. The van der Waals surface area contributed by atoms with Crippen LogP contribution in [0.4, 0.5) is 0 Å². The van der Waals surface area contributed by atoms with Crippen LogP contribution in [0.25, 0.3) is 0 Å². The quantitative estimate of drug-likeness (QED) is 0.457. The molecule has 0 fully saturated rings. The van der Waals surface area contributed by atoms with Gasteiger partial charge in [-0.05, 0) is 6.42 Å². The van der Waals surface area contributed by atoms with E-state index in [-0.39, 0.29) is 0 Å².